The first-order chi connectivity index (χ1) is 13.1. The molecule has 0 spiro atoms. The maximum Gasteiger partial charge on any atom is 0.261 e. The maximum absolute atomic E-state index is 13.3. The van der Waals surface area contributed by atoms with E-state index in [0.717, 1.165) is 32.5 Å². The molecule has 4 rings (SSSR count). The average Bonchev–Trinajstić information content (AvgIpc) is 2.65. The molecule has 0 atom stereocenters. The Morgan fingerprint density at radius 2 is 1.96 bits per heavy atom. The van der Waals surface area contributed by atoms with Crippen LogP contribution < -0.4 is 5.56 Å². The van der Waals surface area contributed by atoms with Crippen molar-refractivity contribution in [3.8, 4) is 0 Å². The molecule has 0 radical (unpaired) electrons. The van der Waals surface area contributed by atoms with Gasteiger partial charge >= 0.3 is 0 Å². The molecule has 0 aliphatic carbocycles. The SMILES string of the molecule is Cc1cccc(CN2CCC(Cn3cnc4cc(F)ccc4c3=O)CC2)c1. The fourth-order valence-corrected chi connectivity index (χ4v) is 3.94. The Morgan fingerprint density at radius 3 is 2.74 bits per heavy atom. The normalized spacial score (nSPS) is 16.1. The molecule has 2 heterocycles. The van der Waals surface area contributed by atoms with Crippen LogP contribution in [0.5, 0.6) is 0 Å². The second-order valence-electron chi connectivity index (χ2n) is 7.57. The van der Waals surface area contributed by atoms with Crippen molar-refractivity contribution < 1.29 is 4.39 Å². The van der Waals surface area contributed by atoms with E-state index in [2.05, 4.69) is 41.1 Å². The number of aromatic nitrogens is 2. The number of halogens is 1. The molecule has 3 aromatic rings. The van der Waals surface area contributed by atoms with Crippen LogP contribution in [0.4, 0.5) is 4.39 Å². The Hall–Kier alpha value is -2.53. The van der Waals surface area contributed by atoms with Gasteiger partial charge in [-0.15, -0.1) is 0 Å². The number of fused-ring (bicyclic) bond motifs is 1. The van der Waals surface area contributed by atoms with Gasteiger partial charge in [-0.2, -0.15) is 0 Å². The summed E-state index contributed by atoms with van der Waals surface area (Å²) in [5.74, 6) is 0.101. The monoisotopic (exact) mass is 365 g/mol. The lowest BCUT2D eigenvalue weighted by atomic mass is 9.96. The maximum atomic E-state index is 13.3. The standard InChI is InChI=1S/C22H24FN3O/c1-16-3-2-4-18(11-16)13-25-9-7-17(8-10-25)14-26-15-24-21-12-19(23)5-6-20(21)22(26)27/h2-6,11-12,15,17H,7-10,13-14H2,1H3. The molecule has 1 aliphatic rings. The van der Waals surface area contributed by atoms with E-state index in [1.165, 1.54) is 29.3 Å². The van der Waals surface area contributed by atoms with Crippen molar-refractivity contribution in [2.75, 3.05) is 13.1 Å². The molecule has 0 unspecified atom stereocenters. The first-order valence-electron chi connectivity index (χ1n) is 9.51. The van der Waals surface area contributed by atoms with Crippen LogP contribution in [0.25, 0.3) is 10.9 Å². The second-order valence-corrected chi connectivity index (χ2v) is 7.57. The van der Waals surface area contributed by atoms with Crippen LogP contribution in [0.2, 0.25) is 0 Å². The summed E-state index contributed by atoms with van der Waals surface area (Å²) in [6.07, 6.45) is 3.70. The summed E-state index contributed by atoms with van der Waals surface area (Å²) in [6.45, 7) is 5.87. The Bertz CT molecular complexity index is 1010. The molecule has 2 aromatic carbocycles. The molecule has 4 nitrogen and oxygen atoms in total. The molecule has 1 saturated heterocycles. The zero-order valence-corrected chi connectivity index (χ0v) is 15.6. The predicted molar refractivity (Wildman–Crippen MR) is 105 cm³/mol. The Labute approximate surface area is 158 Å². The van der Waals surface area contributed by atoms with Crippen molar-refractivity contribution in [1.82, 2.24) is 14.5 Å². The van der Waals surface area contributed by atoms with Crippen LogP contribution >= 0.6 is 0 Å². The van der Waals surface area contributed by atoms with Gasteiger partial charge in [-0.25, -0.2) is 9.37 Å². The van der Waals surface area contributed by atoms with Crippen molar-refractivity contribution >= 4 is 10.9 Å². The molecular formula is C22H24FN3O. The summed E-state index contributed by atoms with van der Waals surface area (Å²) in [5.41, 5.74) is 2.99. The van der Waals surface area contributed by atoms with Crippen LogP contribution in [0.1, 0.15) is 24.0 Å². The van der Waals surface area contributed by atoms with Gasteiger partial charge in [-0.3, -0.25) is 14.3 Å². The third-order valence-electron chi connectivity index (χ3n) is 5.44. The molecular weight excluding hydrogens is 341 g/mol. The van der Waals surface area contributed by atoms with Crippen LogP contribution in [0.3, 0.4) is 0 Å². The van der Waals surface area contributed by atoms with E-state index in [1.54, 1.807) is 10.9 Å². The van der Waals surface area contributed by atoms with Crippen LogP contribution in [-0.2, 0) is 13.1 Å². The van der Waals surface area contributed by atoms with E-state index in [1.807, 2.05) is 0 Å². The zero-order chi connectivity index (χ0) is 18.8. The van der Waals surface area contributed by atoms with Crippen LogP contribution in [0, 0.1) is 18.7 Å². The van der Waals surface area contributed by atoms with Gasteiger partial charge in [0.25, 0.3) is 5.56 Å². The predicted octanol–water partition coefficient (Wildman–Crippen LogP) is 3.76. The summed E-state index contributed by atoms with van der Waals surface area (Å²) in [4.78, 5) is 19.4. The Morgan fingerprint density at radius 1 is 1.15 bits per heavy atom. The third-order valence-corrected chi connectivity index (χ3v) is 5.44. The molecule has 0 saturated carbocycles. The number of benzene rings is 2. The first kappa shape index (κ1) is 17.9. The van der Waals surface area contributed by atoms with Gasteiger partial charge in [0.1, 0.15) is 5.82 Å². The van der Waals surface area contributed by atoms with Gasteiger partial charge in [0.2, 0.25) is 0 Å². The first-order valence-corrected chi connectivity index (χ1v) is 9.51. The lowest BCUT2D eigenvalue weighted by molar-refractivity contribution is 0.166. The topological polar surface area (TPSA) is 38.1 Å². The van der Waals surface area contributed by atoms with E-state index in [9.17, 15) is 9.18 Å². The highest BCUT2D eigenvalue weighted by Crippen LogP contribution is 2.21. The summed E-state index contributed by atoms with van der Waals surface area (Å²) < 4.78 is 15.0. The molecule has 140 valence electrons. The second kappa shape index (κ2) is 7.61. The molecule has 1 aromatic heterocycles. The van der Waals surface area contributed by atoms with E-state index in [4.69, 9.17) is 0 Å². The van der Waals surface area contributed by atoms with Gasteiger partial charge in [-0.1, -0.05) is 29.8 Å². The third kappa shape index (κ3) is 4.08. The number of hydrogen-bond acceptors (Lipinski definition) is 3. The quantitative estimate of drug-likeness (QED) is 0.707. The van der Waals surface area contributed by atoms with E-state index in [-0.39, 0.29) is 11.4 Å². The minimum absolute atomic E-state index is 0.0813. The minimum atomic E-state index is -0.367. The van der Waals surface area contributed by atoms with Crippen LogP contribution in [-0.4, -0.2) is 27.5 Å². The van der Waals surface area contributed by atoms with Gasteiger partial charge in [-0.05, 0) is 56.5 Å². The Kier molecular flexibility index (Phi) is 5.03. The van der Waals surface area contributed by atoms with E-state index in [0.29, 0.717) is 23.4 Å². The number of likely N-dealkylation sites (tertiary alicyclic amines) is 1. The number of hydrogen-bond donors (Lipinski definition) is 0. The van der Waals surface area contributed by atoms with E-state index >= 15 is 0 Å². The average molecular weight is 365 g/mol. The summed E-state index contributed by atoms with van der Waals surface area (Å²) in [5, 5.41) is 0.482. The highest BCUT2D eigenvalue weighted by molar-refractivity contribution is 5.77. The van der Waals surface area contributed by atoms with Crippen LogP contribution in [0.15, 0.2) is 53.6 Å². The van der Waals surface area contributed by atoms with Crippen molar-refractivity contribution in [3.63, 3.8) is 0 Å². The summed E-state index contributed by atoms with van der Waals surface area (Å²) in [6, 6.07) is 12.8. The minimum Gasteiger partial charge on any atom is -0.299 e. The summed E-state index contributed by atoms with van der Waals surface area (Å²) in [7, 11) is 0. The van der Waals surface area contributed by atoms with Crippen molar-refractivity contribution in [2.45, 2.75) is 32.9 Å². The molecule has 5 heteroatoms. The number of rotatable bonds is 4. The molecule has 0 bridgehead atoms. The lowest BCUT2D eigenvalue weighted by Crippen LogP contribution is -2.36. The molecule has 0 N–H and O–H groups in total. The molecule has 0 amide bonds. The van der Waals surface area contributed by atoms with Gasteiger partial charge in [0, 0.05) is 19.2 Å². The number of nitrogens with zero attached hydrogens (tertiary/aromatic N) is 3. The van der Waals surface area contributed by atoms with Gasteiger partial charge in [0.15, 0.2) is 0 Å². The Balaban J connectivity index is 1.39. The smallest absolute Gasteiger partial charge is 0.261 e. The molecule has 1 aliphatic heterocycles. The van der Waals surface area contributed by atoms with Gasteiger partial charge in [0.05, 0.1) is 17.2 Å². The number of aryl methyl sites for hydroxylation is 1. The number of piperidine rings is 1. The largest absolute Gasteiger partial charge is 0.299 e. The lowest BCUT2D eigenvalue weighted by Gasteiger charge is -2.32. The van der Waals surface area contributed by atoms with Crippen molar-refractivity contribution in [3.05, 3.63) is 76.1 Å². The highest BCUT2D eigenvalue weighted by atomic mass is 19.1. The molecule has 1 fully saturated rings. The highest BCUT2D eigenvalue weighted by Gasteiger charge is 2.20. The summed E-state index contributed by atoms with van der Waals surface area (Å²) >= 11 is 0. The van der Waals surface area contributed by atoms with Gasteiger partial charge < -0.3 is 0 Å². The zero-order valence-electron chi connectivity index (χ0n) is 15.6. The van der Waals surface area contributed by atoms with E-state index < -0.39 is 0 Å². The van der Waals surface area contributed by atoms with Crippen molar-refractivity contribution in [2.24, 2.45) is 5.92 Å². The fraction of sp³-hybridized carbons (Fsp3) is 0.364. The fourth-order valence-electron chi connectivity index (χ4n) is 3.94. The van der Waals surface area contributed by atoms with Crippen molar-refractivity contribution in [1.29, 1.82) is 0 Å². The molecule has 27 heavy (non-hydrogen) atoms.